The summed E-state index contributed by atoms with van der Waals surface area (Å²) in [5.41, 5.74) is 16.3. The Balaban J connectivity index is 0.00000196. The van der Waals surface area contributed by atoms with Crippen molar-refractivity contribution in [1.29, 1.82) is 0 Å². The predicted octanol–water partition coefficient (Wildman–Crippen LogP) is 11.5. The molecule has 9 rings (SSSR count). The number of H-pyrrole nitrogens is 2. The number of fused-ring (bicyclic) bond motifs is 8. The number of hydrogen-bond donors (Lipinski definition) is 2. The Morgan fingerprint density at radius 1 is 0.420 bits per heavy atom. The first-order valence-electron chi connectivity index (χ1n) is 16.2. The fourth-order valence-electron chi connectivity index (χ4n) is 6.78. The first-order valence-corrected chi connectivity index (χ1v) is 16.2. The van der Waals surface area contributed by atoms with Crippen molar-refractivity contribution in [3.05, 3.63) is 180 Å². The van der Waals surface area contributed by atoms with Gasteiger partial charge in [-0.3, -0.25) is 0 Å². The SMILES string of the molecule is C1=Cc2cc3[nH]c(c(-c4ccccc4)c4nc(cc5ccc(cc1n2)[nH]5)C=C4c1ccccc1)c(-c1ccccc1)c3-c1ccccc1.Cl.[Mn]. The van der Waals surface area contributed by atoms with Crippen molar-refractivity contribution < 1.29 is 17.1 Å². The fraction of sp³-hybridized carbons (Fsp3) is 0. The average molecular weight is 706 g/mol. The van der Waals surface area contributed by atoms with E-state index in [1.165, 1.54) is 0 Å². The number of aromatic nitrogens is 4. The molecule has 4 aromatic carbocycles. The maximum absolute atomic E-state index is 5.42. The van der Waals surface area contributed by atoms with Crippen molar-refractivity contribution in [3.63, 3.8) is 0 Å². The molecule has 50 heavy (non-hydrogen) atoms. The second-order valence-corrected chi connectivity index (χ2v) is 12.0. The Morgan fingerprint density at radius 3 is 1.48 bits per heavy atom. The summed E-state index contributed by atoms with van der Waals surface area (Å²) in [4.78, 5) is 17.9. The summed E-state index contributed by atoms with van der Waals surface area (Å²) in [6.45, 7) is 0. The predicted molar refractivity (Wildman–Crippen MR) is 207 cm³/mol. The van der Waals surface area contributed by atoms with Crippen molar-refractivity contribution in [2.45, 2.75) is 0 Å². The van der Waals surface area contributed by atoms with Crippen LogP contribution in [0.15, 0.2) is 152 Å². The molecule has 0 saturated heterocycles. The van der Waals surface area contributed by atoms with Gasteiger partial charge in [0.15, 0.2) is 0 Å². The van der Waals surface area contributed by atoms with Crippen LogP contribution in [-0.4, -0.2) is 19.9 Å². The average Bonchev–Trinajstić information content (AvgIpc) is 3.94. The van der Waals surface area contributed by atoms with Gasteiger partial charge in [-0.15, -0.1) is 12.4 Å². The maximum atomic E-state index is 5.42. The molecule has 5 heterocycles. The van der Waals surface area contributed by atoms with Crippen molar-refractivity contribution in [2.75, 3.05) is 0 Å². The first kappa shape index (κ1) is 32.8. The third-order valence-electron chi connectivity index (χ3n) is 8.89. The zero-order valence-electron chi connectivity index (χ0n) is 26.8. The number of hydrogen-bond acceptors (Lipinski definition) is 2. The van der Waals surface area contributed by atoms with Gasteiger partial charge in [-0.2, -0.15) is 0 Å². The third kappa shape index (κ3) is 6.15. The first-order chi connectivity index (χ1) is 23.8. The van der Waals surface area contributed by atoms with E-state index in [2.05, 4.69) is 180 Å². The van der Waals surface area contributed by atoms with Crippen LogP contribution in [0.1, 0.15) is 28.3 Å². The number of rotatable bonds is 4. The minimum absolute atomic E-state index is 0. The molecule has 1 radical (unpaired) electrons. The van der Waals surface area contributed by atoms with Gasteiger partial charge in [-0.25, -0.2) is 9.97 Å². The summed E-state index contributed by atoms with van der Waals surface area (Å²) >= 11 is 0. The molecule has 8 bridgehead atoms. The van der Waals surface area contributed by atoms with Gasteiger partial charge < -0.3 is 9.97 Å². The molecule has 0 spiro atoms. The van der Waals surface area contributed by atoms with Crippen LogP contribution in [0.2, 0.25) is 0 Å². The van der Waals surface area contributed by atoms with E-state index in [0.717, 1.165) is 89.4 Å². The Labute approximate surface area is 307 Å². The third-order valence-corrected chi connectivity index (χ3v) is 8.89. The fourth-order valence-corrected chi connectivity index (χ4v) is 6.78. The van der Waals surface area contributed by atoms with E-state index in [0.29, 0.717) is 0 Å². The second-order valence-electron chi connectivity index (χ2n) is 12.0. The normalized spacial score (nSPS) is 11.7. The van der Waals surface area contributed by atoms with Gasteiger partial charge in [0.2, 0.25) is 0 Å². The molecule has 2 aliphatic rings. The van der Waals surface area contributed by atoms with Crippen LogP contribution in [0, 0.1) is 0 Å². The maximum Gasteiger partial charge on any atom is 0.0815 e. The largest absolute Gasteiger partial charge is 0.355 e. The van der Waals surface area contributed by atoms with Crippen LogP contribution >= 0.6 is 12.4 Å². The zero-order chi connectivity index (χ0) is 31.9. The molecule has 0 aliphatic carbocycles. The molecule has 241 valence electrons. The van der Waals surface area contributed by atoms with Crippen molar-refractivity contribution >= 4 is 58.3 Å². The topological polar surface area (TPSA) is 57.4 Å². The van der Waals surface area contributed by atoms with Crippen LogP contribution in [0.3, 0.4) is 0 Å². The molecular weight excluding hydrogens is 675 g/mol. The molecule has 0 fully saturated rings. The van der Waals surface area contributed by atoms with Crippen LogP contribution in [0.25, 0.3) is 79.2 Å². The summed E-state index contributed by atoms with van der Waals surface area (Å²) < 4.78 is 0. The quantitative estimate of drug-likeness (QED) is 0.179. The molecule has 2 aliphatic heterocycles. The van der Waals surface area contributed by atoms with E-state index in [4.69, 9.17) is 9.97 Å². The van der Waals surface area contributed by atoms with Gasteiger partial charge in [0.25, 0.3) is 0 Å². The summed E-state index contributed by atoms with van der Waals surface area (Å²) in [6.07, 6.45) is 6.35. The molecule has 4 nitrogen and oxygen atoms in total. The van der Waals surface area contributed by atoms with Crippen molar-refractivity contribution in [1.82, 2.24) is 19.9 Å². The van der Waals surface area contributed by atoms with Crippen LogP contribution in [0.4, 0.5) is 0 Å². The Morgan fingerprint density at radius 2 is 0.900 bits per heavy atom. The minimum Gasteiger partial charge on any atom is -0.355 e. The molecule has 3 aromatic heterocycles. The van der Waals surface area contributed by atoms with E-state index in [-0.39, 0.29) is 29.5 Å². The monoisotopic (exact) mass is 705 g/mol. The second kappa shape index (κ2) is 14.0. The van der Waals surface area contributed by atoms with Gasteiger partial charge in [0.05, 0.1) is 28.3 Å². The van der Waals surface area contributed by atoms with Crippen molar-refractivity contribution in [3.8, 4) is 33.4 Å². The Kier molecular flexibility index (Phi) is 9.21. The van der Waals surface area contributed by atoms with Gasteiger partial charge in [-0.1, -0.05) is 121 Å². The van der Waals surface area contributed by atoms with E-state index >= 15 is 0 Å². The molecule has 6 heteroatoms. The molecule has 0 unspecified atom stereocenters. The van der Waals surface area contributed by atoms with E-state index in [9.17, 15) is 0 Å². The standard InChI is InChI=1S/C44H30N4.ClH.Mn/c1-5-13-29(14-6-1)38-27-37-26-35-22-21-33(45-35)25-34-23-24-36(46-34)28-39-40(30-15-7-2-8-16-30)41(31-17-9-3-10-18-31)44(48-39)42(43(38)47-37)32-19-11-4-12-20-32;;/h1-28,45,48H;1H;. The smallest absolute Gasteiger partial charge is 0.0815 e. The summed E-state index contributed by atoms with van der Waals surface area (Å²) in [7, 11) is 0. The zero-order valence-corrected chi connectivity index (χ0v) is 28.8. The Bertz CT molecular complexity index is 2540. The minimum atomic E-state index is 0. The van der Waals surface area contributed by atoms with Gasteiger partial charge in [0, 0.05) is 55.9 Å². The summed E-state index contributed by atoms with van der Waals surface area (Å²) in [6, 6.07) is 53.0. The van der Waals surface area contributed by atoms with Crippen LogP contribution in [0.5, 0.6) is 0 Å². The van der Waals surface area contributed by atoms with Gasteiger partial charge in [-0.05, 0) is 70.8 Å². The molecule has 7 aromatic rings. The number of halogens is 1. The number of aromatic amines is 2. The van der Waals surface area contributed by atoms with E-state index < -0.39 is 0 Å². The summed E-state index contributed by atoms with van der Waals surface area (Å²) in [5.74, 6) is 0. The van der Waals surface area contributed by atoms with Gasteiger partial charge in [0.1, 0.15) is 0 Å². The summed E-state index contributed by atoms with van der Waals surface area (Å²) in [5, 5.41) is 0. The number of nitrogens with zero attached hydrogens (tertiary/aromatic N) is 2. The molecule has 0 saturated carbocycles. The van der Waals surface area contributed by atoms with Crippen molar-refractivity contribution in [2.24, 2.45) is 0 Å². The van der Waals surface area contributed by atoms with Gasteiger partial charge >= 0.3 is 0 Å². The molecular formula is C44H31ClMnN4. The molecule has 0 amide bonds. The molecule has 2 N–H and O–H groups in total. The van der Waals surface area contributed by atoms with E-state index in [1.807, 2.05) is 0 Å². The van der Waals surface area contributed by atoms with E-state index in [1.54, 1.807) is 0 Å². The van der Waals surface area contributed by atoms with Crippen LogP contribution < -0.4 is 0 Å². The Hall–Kier alpha value is -5.71. The number of benzene rings is 4. The number of nitrogens with one attached hydrogen (secondary N) is 2. The molecule has 0 atom stereocenters. The van der Waals surface area contributed by atoms with Crippen LogP contribution in [-0.2, 0) is 17.1 Å².